The SMILES string of the molecule is CC1(C)C(O)CC1Nc1ccn2nccc2n1. The van der Waals surface area contributed by atoms with Crippen molar-refractivity contribution in [1.82, 2.24) is 14.6 Å². The summed E-state index contributed by atoms with van der Waals surface area (Å²) in [6, 6.07) is 4.04. The monoisotopic (exact) mass is 232 g/mol. The van der Waals surface area contributed by atoms with Crippen molar-refractivity contribution in [2.45, 2.75) is 32.4 Å². The maximum Gasteiger partial charge on any atom is 0.157 e. The summed E-state index contributed by atoms with van der Waals surface area (Å²) in [5.41, 5.74) is 0.737. The molecule has 5 nitrogen and oxygen atoms in total. The molecule has 1 saturated carbocycles. The van der Waals surface area contributed by atoms with Crippen molar-refractivity contribution in [1.29, 1.82) is 0 Å². The lowest BCUT2D eigenvalue weighted by molar-refractivity contribution is -0.0511. The Morgan fingerprint density at radius 3 is 3.00 bits per heavy atom. The fourth-order valence-electron chi connectivity index (χ4n) is 2.22. The molecule has 0 aromatic carbocycles. The molecule has 90 valence electrons. The first-order chi connectivity index (χ1) is 8.07. The largest absolute Gasteiger partial charge is 0.392 e. The lowest BCUT2D eigenvalue weighted by atomic mass is 9.64. The van der Waals surface area contributed by atoms with E-state index in [0.29, 0.717) is 0 Å². The number of fused-ring (bicyclic) bond motifs is 1. The predicted molar refractivity (Wildman–Crippen MR) is 64.8 cm³/mol. The molecule has 3 rings (SSSR count). The quantitative estimate of drug-likeness (QED) is 0.819. The fraction of sp³-hybridized carbons (Fsp3) is 0.500. The van der Waals surface area contributed by atoms with E-state index < -0.39 is 0 Å². The van der Waals surface area contributed by atoms with Gasteiger partial charge in [0.1, 0.15) is 5.82 Å². The van der Waals surface area contributed by atoms with Crippen molar-refractivity contribution < 1.29 is 5.11 Å². The van der Waals surface area contributed by atoms with E-state index in [4.69, 9.17) is 0 Å². The number of anilines is 1. The number of nitrogens with one attached hydrogen (secondary N) is 1. The topological polar surface area (TPSA) is 62.5 Å². The lowest BCUT2D eigenvalue weighted by Gasteiger charge is -2.49. The van der Waals surface area contributed by atoms with Crippen LogP contribution in [0.1, 0.15) is 20.3 Å². The van der Waals surface area contributed by atoms with Gasteiger partial charge in [0.15, 0.2) is 5.65 Å². The lowest BCUT2D eigenvalue weighted by Crippen LogP contribution is -2.57. The number of aliphatic hydroxyl groups is 1. The van der Waals surface area contributed by atoms with E-state index in [1.54, 1.807) is 10.7 Å². The summed E-state index contributed by atoms with van der Waals surface area (Å²) in [5.74, 6) is 0.836. The predicted octanol–water partition coefficient (Wildman–Crippen LogP) is 1.30. The van der Waals surface area contributed by atoms with Crippen molar-refractivity contribution in [3.8, 4) is 0 Å². The molecule has 0 amide bonds. The minimum absolute atomic E-state index is 0.0892. The highest BCUT2D eigenvalue weighted by Crippen LogP contribution is 2.41. The molecule has 5 heteroatoms. The van der Waals surface area contributed by atoms with Gasteiger partial charge in [0.05, 0.1) is 12.3 Å². The molecule has 2 unspecified atom stereocenters. The molecule has 1 fully saturated rings. The van der Waals surface area contributed by atoms with Gasteiger partial charge in [-0.3, -0.25) is 0 Å². The Morgan fingerprint density at radius 2 is 2.29 bits per heavy atom. The van der Waals surface area contributed by atoms with Gasteiger partial charge in [0.25, 0.3) is 0 Å². The molecule has 2 N–H and O–H groups in total. The molecule has 0 bridgehead atoms. The van der Waals surface area contributed by atoms with Crippen LogP contribution in [-0.2, 0) is 0 Å². The summed E-state index contributed by atoms with van der Waals surface area (Å²) in [4.78, 5) is 4.46. The van der Waals surface area contributed by atoms with Crippen molar-refractivity contribution in [3.05, 3.63) is 24.5 Å². The van der Waals surface area contributed by atoms with Gasteiger partial charge in [-0.05, 0) is 12.5 Å². The number of aliphatic hydroxyl groups excluding tert-OH is 1. The molecule has 2 heterocycles. The van der Waals surface area contributed by atoms with Crippen LogP contribution in [-0.4, -0.2) is 31.9 Å². The van der Waals surface area contributed by atoms with Crippen molar-refractivity contribution >= 4 is 11.5 Å². The smallest absolute Gasteiger partial charge is 0.157 e. The zero-order valence-corrected chi connectivity index (χ0v) is 9.96. The average molecular weight is 232 g/mol. The number of aromatic nitrogens is 3. The number of nitrogens with zero attached hydrogens (tertiary/aromatic N) is 3. The van der Waals surface area contributed by atoms with Crippen LogP contribution in [0.4, 0.5) is 5.82 Å². The van der Waals surface area contributed by atoms with Crippen molar-refractivity contribution in [2.75, 3.05) is 5.32 Å². The van der Waals surface area contributed by atoms with E-state index in [9.17, 15) is 5.11 Å². The second-order valence-corrected chi connectivity index (χ2v) is 5.22. The standard InChI is InChI=1S/C12H16N4O/c1-12(2)8(7-9(12)17)14-10-4-6-16-11(15-10)3-5-13-16/h3-6,8-9,17H,7H2,1-2H3,(H,14,15). The summed E-state index contributed by atoms with van der Waals surface area (Å²) >= 11 is 0. The Kier molecular flexibility index (Phi) is 2.13. The molecule has 17 heavy (non-hydrogen) atoms. The van der Waals surface area contributed by atoms with Crippen LogP contribution >= 0.6 is 0 Å². The first-order valence-corrected chi connectivity index (χ1v) is 5.82. The third kappa shape index (κ3) is 1.58. The molecule has 1 aliphatic rings. The highest BCUT2D eigenvalue weighted by atomic mass is 16.3. The van der Waals surface area contributed by atoms with Crippen LogP contribution in [0.15, 0.2) is 24.5 Å². The Bertz CT molecular complexity index is 548. The summed E-state index contributed by atoms with van der Waals surface area (Å²) < 4.78 is 1.73. The highest BCUT2D eigenvalue weighted by molar-refractivity contribution is 5.46. The van der Waals surface area contributed by atoms with Gasteiger partial charge >= 0.3 is 0 Å². The first kappa shape index (κ1) is 10.5. The Balaban J connectivity index is 1.81. The van der Waals surface area contributed by atoms with Gasteiger partial charge < -0.3 is 10.4 Å². The Morgan fingerprint density at radius 1 is 1.47 bits per heavy atom. The number of hydrogen-bond acceptors (Lipinski definition) is 4. The fourth-order valence-corrected chi connectivity index (χ4v) is 2.22. The number of hydrogen-bond donors (Lipinski definition) is 2. The Hall–Kier alpha value is -1.62. The van der Waals surface area contributed by atoms with E-state index >= 15 is 0 Å². The maximum atomic E-state index is 9.69. The molecule has 2 aromatic heterocycles. The van der Waals surface area contributed by atoms with Crippen LogP contribution in [0.3, 0.4) is 0 Å². The second kappa shape index (κ2) is 3.43. The molecular formula is C12H16N4O. The molecule has 2 aromatic rings. The minimum Gasteiger partial charge on any atom is -0.392 e. The van der Waals surface area contributed by atoms with Crippen molar-refractivity contribution in [3.63, 3.8) is 0 Å². The first-order valence-electron chi connectivity index (χ1n) is 5.82. The average Bonchev–Trinajstić information content (AvgIpc) is 2.76. The van der Waals surface area contributed by atoms with Crippen LogP contribution < -0.4 is 5.32 Å². The number of rotatable bonds is 2. The van der Waals surface area contributed by atoms with E-state index in [0.717, 1.165) is 17.9 Å². The van der Waals surface area contributed by atoms with E-state index in [1.165, 1.54) is 0 Å². The van der Waals surface area contributed by atoms with Crippen LogP contribution in [0.5, 0.6) is 0 Å². The normalized spacial score (nSPS) is 26.8. The molecule has 2 atom stereocenters. The summed E-state index contributed by atoms with van der Waals surface area (Å²) in [6.45, 7) is 4.13. The summed E-state index contributed by atoms with van der Waals surface area (Å²) in [7, 11) is 0. The molecule has 1 aliphatic carbocycles. The Labute approximate surface area is 99.5 Å². The van der Waals surface area contributed by atoms with Crippen LogP contribution in [0.25, 0.3) is 5.65 Å². The third-order valence-corrected chi connectivity index (χ3v) is 3.80. The van der Waals surface area contributed by atoms with E-state index in [-0.39, 0.29) is 17.6 Å². The minimum atomic E-state index is -0.223. The zero-order valence-electron chi connectivity index (χ0n) is 9.96. The second-order valence-electron chi connectivity index (χ2n) is 5.22. The van der Waals surface area contributed by atoms with E-state index in [2.05, 4.69) is 29.2 Å². The van der Waals surface area contributed by atoms with Crippen molar-refractivity contribution in [2.24, 2.45) is 5.41 Å². The molecular weight excluding hydrogens is 216 g/mol. The van der Waals surface area contributed by atoms with Gasteiger partial charge in [0.2, 0.25) is 0 Å². The molecule has 0 aliphatic heterocycles. The van der Waals surface area contributed by atoms with Crippen LogP contribution in [0, 0.1) is 5.41 Å². The van der Waals surface area contributed by atoms with Gasteiger partial charge in [-0.2, -0.15) is 5.10 Å². The van der Waals surface area contributed by atoms with Crippen LogP contribution in [0.2, 0.25) is 0 Å². The van der Waals surface area contributed by atoms with Gasteiger partial charge in [-0.15, -0.1) is 0 Å². The molecule has 0 radical (unpaired) electrons. The van der Waals surface area contributed by atoms with Gasteiger partial charge in [-0.1, -0.05) is 13.8 Å². The third-order valence-electron chi connectivity index (χ3n) is 3.80. The summed E-state index contributed by atoms with van der Waals surface area (Å²) in [5, 5.41) is 17.2. The molecule has 0 spiro atoms. The van der Waals surface area contributed by atoms with Gasteiger partial charge in [0, 0.05) is 23.7 Å². The van der Waals surface area contributed by atoms with Gasteiger partial charge in [-0.25, -0.2) is 9.50 Å². The molecule has 0 saturated heterocycles. The highest BCUT2D eigenvalue weighted by Gasteiger charge is 2.47. The van der Waals surface area contributed by atoms with E-state index in [1.807, 2.05) is 18.3 Å². The zero-order chi connectivity index (χ0) is 12.0. The maximum absolute atomic E-state index is 9.69. The summed E-state index contributed by atoms with van der Waals surface area (Å²) in [6.07, 6.45) is 4.16.